The van der Waals surface area contributed by atoms with Gasteiger partial charge in [0, 0.05) is 36.4 Å². The van der Waals surface area contributed by atoms with Gasteiger partial charge in [-0.15, -0.1) is 0 Å². The van der Waals surface area contributed by atoms with Crippen LogP contribution in [0.4, 0.5) is 21.1 Å². The molecule has 3 N–H and O–H groups in total. The van der Waals surface area contributed by atoms with Gasteiger partial charge >= 0.3 is 12.1 Å². The Bertz CT molecular complexity index is 1170. The third kappa shape index (κ3) is 6.99. The maximum Gasteiger partial charge on any atom is 0.324 e. The van der Waals surface area contributed by atoms with Gasteiger partial charge in [-0.2, -0.15) is 5.10 Å². The fourth-order valence-electron chi connectivity index (χ4n) is 3.86. The fourth-order valence-corrected chi connectivity index (χ4v) is 3.99. The van der Waals surface area contributed by atoms with E-state index in [1.807, 2.05) is 30.3 Å². The normalized spacial score (nSPS) is 13.3. The molecule has 1 aromatic heterocycles. The number of hydrogen-bond donors (Lipinski definition) is 3. The third-order valence-electron chi connectivity index (χ3n) is 5.79. The first-order valence-electron chi connectivity index (χ1n) is 12.1. The summed E-state index contributed by atoms with van der Waals surface area (Å²) in [7, 11) is 0. The molecular weight excluding hydrogens is 480 g/mol. The van der Waals surface area contributed by atoms with E-state index < -0.39 is 0 Å². The first-order valence-corrected chi connectivity index (χ1v) is 12.5. The molecule has 36 heavy (non-hydrogen) atoms. The minimum Gasteiger partial charge on any atom is -0.378 e. The Labute approximate surface area is 215 Å². The SMILES string of the molecule is CCCCc1cc(NC(=O)Nc2ccc(Cl)cc2)n(-c2cccc(CNC(=O)N3CCOCC3)c2)n1. The standard InChI is InChI=1S/C26H31ClN6O3/c1-2-3-6-22-17-24(30-25(34)29-21-10-8-20(27)9-11-21)33(31-22)23-7-4-5-19(16-23)18-28-26(35)32-12-14-36-15-13-32/h4-5,7-11,16-17H,2-3,6,12-15,18H2,1H3,(H,28,35)(H2,29,30,34). The second-order valence-electron chi connectivity index (χ2n) is 8.55. The maximum absolute atomic E-state index is 12.7. The van der Waals surface area contributed by atoms with Gasteiger partial charge in [0.1, 0.15) is 5.82 Å². The van der Waals surface area contributed by atoms with E-state index in [4.69, 9.17) is 21.4 Å². The van der Waals surface area contributed by atoms with Crippen LogP contribution < -0.4 is 16.0 Å². The zero-order chi connectivity index (χ0) is 25.3. The molecule has 3 aromatic rings. The fraction of sp³-hybridized carbons (Fsp3) is 0.346. The van der Waals surface area contributed by atoms with Crippen molar-refractivity contribution in [1.29, 1.82) is 0 Å². The van der Waals surface area contributed by atoms with Gasteiger partial charge in [-0.1, -0.05) is 37.1 Å². The molecule has 1 aliphatic rings. The average Bonchev–Trinajstić information content (AvgIpc) is 3.30. The molecule has 0 aliphatic carbocycles. The van der Waals surface area contributed by atoms with Crippen LogP contribution in [0.2, 0.25) is 5.02 Å². The number of anilines is 2. The summed E-state index contributed by atoms with van der Waals surface area (Å²) < 4.78 is 7.03. The highest BCUT2D eigenvalue weighted by molar-refractivity contribution is 6.30. The Morgan fingerprint density at radius 2 is 1.83 bits per heavy atom. The highest BCUT2D eigenvalue weighted by Gasteiger charge is 2.17. The Morgan fingerprint density at radius 1 is 1.06 bits per heavy atom. The van der Waals surface area contributed by atoms with E-state index in [1.54, 1.807) is 33.8 Å². The number of morpholine rings is 1. The molecular formula is C26H31ClN6O3. The number of unbranched alkanes of at least 4 members (excludes halogenated alkanes) is 1. The summed E-state index contributed by atoms with van der Waals surface area (Å²) in [5.74, 6) is 0.557. The van der Waals surface area contributed by atoms with E-state index in [2.05, 4.69) is 22.9 Å². The predicted molar refractivity (Wildman–Crippen MR) is 141 cm³/mol. The number of aromatic nitrogens is 2. The Kier molecular flexibility index (Phi) is 8.80. The minimum absolute atomic E-state index is 0.106. The first-order chi connectivity index (χ1) is 17.5. The van der Waals surface area contributed by atoms with E-state index in [0.717, 1.165) is 36.2 Å². The van der Waals surface area contributed by atoms with Crippen LogP contribution in [0.3, 0.4) is 0 Å². The van der Waals surface area contributed by atoms with Crippen molar-refractivity contribution in [2.24, 2.45) is 0 Å². The molecule has 0 radical (unpaired) electrons. The van der Waals surface area contributed by atoms with Crippen LogP contribution in [-0.2, 0) is 17.7 Å². The lowest BCUT2D eigenvalue weighted by molar-refractivity contribution is 0.0531. The van der Waals surface area contributed by atoms with Crippen LogP contribution in [0.25, 0.3) is 5.69 Å². The van der Waals surface area contributed by atoms with E-state index >= 15 is 0 Å². The van der Waals surface area contributed by atoms with Crippen molar-refractivity contribution < 1.29 is 14.3 Å². The summed E-state index contributed by atoms with van der Waals surface area (Å²) in [6, 6.07) is 16.1. The molecule has 4 amide bonds. The lowest BCUT2D eigenvalue weighted by Gasteiger charge is -2.27. The number of rotatable bonds is 8. The Balaban J connectivity index is 1.48. The van der Waals surface area contributed by atoms with Gasteiger partial charge < -0.3 is 20.3 Å². The largest absolute Gasteiger partial charge is 0.378 e. The number of nitrogens with one attached hydrogen (secondary N) is 3. The molecule has 0 spiro atoms. The molecule has 9 nitrogen and oxygen atoms in total. The van der Waals surface area contributed by atoms with E-state index in [1.165, 1.54) is 0 Å². The first kappa shape index (κ1) is 25.5. The summed E-state index contributed by atoms with van der Waals surface area (Å²) in [4.78, 5) is 26.9. The number of halogens is 1. The van der Waals surface area contributed by atoms with Crippen LogP contribution in [0.1, 0.15) is 31.0 Å². The number of carbonyl (C=O) groups excluding carboxylic acids is 2. The number of ether oxygens (including phenoxy) is 1. The number of aryl methyl sites for hydroxylation is 1. The van der Waals surface area contributed by atoms with Gasteiger partial charge in [-0.05, 0) is 54.8 Å². The molecule has 10 heteroatoms. The molecule has 0 saturated carbocycles. The van der Waals surface area contributed by atoms with Gasteiger partial charge in [0.25, 0.3) is 0 Å². The predicted octanol–water partition coefficient (Wildman–Crippen LogP) is 5.05. The van der Waals surface area contributed by atoms with Crippen molar-refractivity contribution in [2.45, 2.75) is 32.7 Å². The minimum atomic E-state index is -0.380. The van der Waals surface area contributed by atoms with Gasteiger partial charge in [0.15, 0.2) is 0 Å². The molecule has 2 aromatic carbocycles. The molecule has 4 rings (SSSR count). The average molecular weight is 511 g/mol. The lowest BCUT2D eigenvalue weighted by Crippen LogP contribution is -2.45. The van der Waals surface area contributed by atoms with Crippen molar-refractivity contribution >= 4 is 35.2 Å². The quantitative estimate of drug-likeness (QED) is 0.394. The van der Waals surface area contributed by atoms with Crippen LogP contribution in [0.5, 0.6) is 0 Å². The summed E-state index contributed by atoms with van der Waals surface area (Å²) in [6.45, 7) is 4.81. The molecule has 1 saturated heterocycles. The molecule has 0 unspecified atom stereocenters. The molecule has 190 valence electrons. The molecule has 0 bridgehead atoms. The number of amides is 4. The summed E-state index contributed by atoms with van der Waals surface area (Å²) >= 11 is 5.93. The highest BCUT2D eigenvalue weighted by Crippen LogP contribution is 2.21. The smallest absolute Gasteiger partial charge is 0.324 e. The molecule has 2 heterocycles. The van der Waals surface area contributed by atoms with Crippen molar-refractivity contribution in [1.82, 2.24) is 20.0 Å². The van der Waals surface area contributed by atoms with E-state index in [-0.39, 0.29) is 12.1 Å². The number of benzene rings is 2. The third-order valence-corrected chi connectivity index (χ3v) is 6.04. The van der Waals surface area contributed by atoms with E-state index in [0.29, 0.717) is 49.4 Å². The topological polar surface area (TPSA) is 101 Å². The van der Waals surface area contributed by atoms with Gasteiger partial charge in [0.05, 0.1) is 24.6 Å². The van der Waals surface area contributed by atoms with Crippen LogP contribution >= 0.6 is 11.6 Å². The molecule has 1 fully saturated rings. The van der Waals surface area contributed by atoms with Crippen LogP contribution in [0.15, 0.2) is 54.6 Å². The summed E-state index contributed by atoms with van der Waals surface area (Å²) in [5, 5.41) is 14.0. The Hall–Kier alpha value is -3.56. The number of urea groups is 2. The van der Waals surface area contributed by atoms with Crippen LogP contribution in [0, 0.1) is 0 Å². The van der Waals surface area contributed by atoms with Crippen molar-refractivity contribution in [3.05, 3.63) is 70.9 Å². The van der Waals surface area contributed by atoms with Gasteiger partial charge in [-0.3, -0.25) is 5.32 Å². The summed E-state index contributed by atoms with van der Waals surface area (Å²) in [5.41, 5.74) is 3.24. The maximum atomic E-state index is 12.7. The van der Waals surface area contributed by atoms with Gasteiger partial charge in [-0.25, -0.2) is 14.3 Å². The highest BCUT2D eigenvalue weighted by atomic mass is 35.5. The number of hydrogen-bond acceptors (Lipinski definition) is 4. The monoisotopic (exact) mass is 510 g/mol. The molecule has 1 aliphatic heterocycles. The summed E-state index contributed by atoms with van der Waals surface area (Å²) in [6.07, 6.45) is 2.86. The zero-order valence-corrected chi connectivity index (χ0v) is 21.1. The van der Waals surface area contributed by atoms with Crippen LogP contribution in [-0.4, -0.2) is 53.0 Å². The molecule has 0 atom stereocenters. The second kappa shape index (κ2) is 12.4. The Morgan fingerprint density at radius 3 is 2.58 bits per heavy atom. The zero-order valence-electron chi connectivity index (χ0n) is 20.3. The van der Waals surface area contributed by atoms with E-state index in [9.17, 15) is 9.59 Å². The van der Waals surface area contributed by atoms with Gasteiger partial charge in [0.2, 0.25) is 0 Å². The van der Waals surface area contributed by atoms with Crippen molar-refractivity contribution in [2.75, 3.05) is 36.9 Å². The lowest BCUT2D eigenvalue weighted by atomic mass is 10.2. The van der Waals surface area contributed by atoms with Crippen molar-refractivity contribution in [3.63, 3.8) is 0 Å². The number of nitrogens with zero attached hydrogens (tertiary/aromatic N) is 3. The second-order valence-corrected chi connectivity index (χ2v) is 8.99. The van der Waals surface area contributed by atoms with Crippen molar-refractivity contribution in [3.8, 4) is 5.69 Å². The number of carbonyl (C=O) groups is 2.